The van der Waals surface area contributed by atoms with E-state index in [9.17, 15) is 0 Å². The molecule has 2 rings (SSSR count). The smallest absolute Gasteiger partial charge is 0.0597 e. The van der Waals surface area contributed by atoms with Gasteiger partial charge in [0.2, 0.25) is 0 Å². The number of hydrogen-bond acceptors (Lipinski definition) is 3. The summed E-state index contributed by atoms with van der Waals surface area (Å²) in [5.74, 6) is 0. The summed E-state index contributed by atoms with van der Waals surface area (Å²) in [6.07, 6.45) is 3.63. The minimum absolute atomic E-state index is 0.731. The quantitative estimate of drug-likeness (QED) is 0.914. The van der Waals surface area contributed by atoms with E-state index in [0.29, 0.717) is 0 Å². The molecule has 0 aliphatic rings. The third kappa shape index (κ3) is 3.14. The zero-order valence-corrected chi connectivity index (χ0v) is 11.3. The second-order valence-electron chi connectivity index (χ2n) is 4.27. The van der Waals surface area contributed by atoms with Crippen LogP contribution in [0.5, 0.6) is 0 Å². The molecule has 0 bridgehead atoms. The van der Waals surface area contributed by atoms with Crippen molar-refractivity contribution in [3.8, 4) is 0 Å². The van der Waals surface area contributed by atoms with Gasteiger partial charge in [-0.3, -0.25) is 4.98 Å². The highest BCUT2D eigenvalue weighted by molar-refractivity contribution is 6.31. The van der Waals surface area contributed by atoms with E-state index in [1.807, 2.05) is 50.6 Å². The van der Waals surface area contributed by atoms with Gasteiger partial charge in [-0.25, -0.2) is 0 Å². The van der Waals surface area contributed by atoms with Crippen LogP contribution in [-0.2, 0) is 6.54 Å². The predicted octanol–water partition coefficient (Wildman–Crippen LogP) is 3.41. The highest BCUT2D eigenvalue weighted by Crippen LogP contribution is 2.28. The van der Waals surface area contributed by atoms with Crippen LogP contribution in [-0.4, -0.2) is 19.1 Å². The lowest BCUT2D eigenvalue weighted by atomic mass is 10.2. The third-order valence-corrected chi connectivity index (χ3v) is 2.88. The van der Waals surface area contributed by atoms with Gasteiger partial charge in [0.05, 0.1) is 11.4 Å². The molecule has 1 N–H and O–H groups in total. The lowest BCUT2D eigenvalue weighted by Crippen LogP contribution is -2.12. The second-order valence-corrected chi connectivity index (χ2v) is 4.71. The molecule has 0 aliphatic carbocycles. The Labute approximate surface area is 112 Å². The Bertz CT molecular complexity index is 512. The standard InChI is InChI=1S/C14H16ClN3/c1-18(2)14-6-5-12(15)8-13(14)17-10-11-4-3-7-16-9-11/h3-9,17H,10H2,1-2H3. The molecule has 0 unspecified atom stereocenters. The highest BCUT2D eigenvalue weighted by atomic mass is 35.5. The van der Waals surface area contributed by atoms with E-state index < -0.39 is 0 Å². The van der Waals surface area contributed by atoms with Gasteiger partial charge in [-0.05, 0) is 29.8 Å². The van der Waals surface area contributed by atoms with E-state index in [-0.39, 0.29) is 0 Å². The van der Waals surface area contributed by atoms with Crippen LogP contribution in [0.25, 0.3) is 0 Å². The van der Waals surface area contributed by atoms with E-state index >= 15 is 0 Å². The largest absolute Gasteiger partial charge is 0.379 e. The average Bonchev–Trinajstić information content (AvgIpc) is 2.37. The Morgan fingerprint density at radius 1 is 1.28 bits per heavy atom. The lowest BCUT2D eigenvalue weighted by Gasteiger charge is -2.18. The maximum Gasteiger partial charge on any atom is 0.0597 e. The van der Waals surface area contributed by atoms with Gasteiger partial charge in [0, 0.05) is 38.1 Å². The molecule has 4 heteroatoms. The molecule has 0 atom stereocenters. The number of halogens is 1. The van der Waals surface area contributed by atoms with Crippen molar-refractivity contribution in [2.24, 2.45) is 0 Å². The van der Waals surface area contributed by atoms with Gasteiger partial charge >= 0.3 is 0 Å². The Morgan fingerprint density at radius 2 is 2.11 bits per heavy atom. The Hall–Kier alpha value is -1.74. The fourth-order valence-corrected chi connectivity index (χ4v) is 1.91. The van der Waals surface area contributed by atoms with Crippen molar-refractivity contribution in [3.63, 3.8) is 0 Å². The molecule has 0 saturated heterocycles. The fraction of sp³-hybridized carbons (Fsp3) is 0.214. The number of benzene rings is 1. The summed E-state index contributed by atoms with van der Waals surface area (Å²) in [4.78, 5) is 6.15. The SMILES string of the molecule is CN(C)c1ccc(Cl)cc1NCc1cccnc1. The summed E-state index contributed by atoms with van der Waals surface area (Å²) < 4.78 is 0. The van der Waals surface area contributed by atoms with Crippen LogP contribution in [0.15, 0.2) is 42.7 Å². The summed E-state index contributed by atoms with van der Waals surface area (Å²) in [5, 5.41) is 4.12. The van der Waals surface area contributed by atoms with Gasteiger partial charge in [0.25, 0.3) is 0 Å². The highest BCUT2D eigenvalue weighted by Gasteiger charge is 2.05. The molecule has 0 amide bonds. The number of aromatic nitrogens is 1. The van der Waals surface area contributed by atoms with Gasteiger partial charge in [0.1, 0.15) is 0 Å². The number of hydrogen-bond donors (Lipinski definition) is 1. The Balaban J connectivity index is 2.15. The first-order valence-corrected chi connectivity index (χ1v) is 6.14. The van der Waals surface area contributed by atoms with Crippen LogP contribution in [0.3, 0.4) is 0 Å². The summed E-state index contributed by atoms with van der Waals surface area (Å²) in [5.41, 5.74) is 3.28. The lowest BCUT2D eigenvalue weighted by molar-refractivity contribution is 1.09. The number of pyridine rings is 1. The predicted molar refractivity (Wildman–Crippen MR) is 77.3 cm³/mol. The number of nitrogens with zero attached hydrogens (tertiary/aromatic N) is 2. The van der Waals surface area contributed by atoms with E-state index in [1.165, 1.54) is 0 Å². The number of rotatable bonds is 4. The Morgan fingerprint density at radius 3 is 2.78 bits per heavy atom. The minimum atomic E-state index is 0.731. The van der Waals surface area contributed by atoms with Crippen LogP contribution in [0.1, 0.15) is 5.56 Å². The molecule has 1 aromatic carbocycles. The summed E-state index contributed by atoms with van der Waals surface area (Å²) >= 11 is 6.03. The number of nitrogens with one attached hydrogen (secondary N) is 1. The topological polar surface area (TPSA) is 28.2 Å². The molecule has 0 aliphatic heterocycles. The molecule has 18 heavy (non-hydrogen) atoms. The van der Waals surface area contributed by atoms with Gasteiger partial charge in [-0.2, -0.15) is 0 Å². The van der Waals surface area contributed by atoms with Crippen molar-refractivity contribution >= 4 is 23.0 Å². The molecule has 3 nitrogen and oxygen atoms in total. The maximum atomic E-state index is 6.03. The summed E-state index contributed by atoms with van der Waals surface area (Å²) in [6.45, 7) is 0.731. The average molecular weight is 262 g/mol. The minimum Gasteiger partial charge on any atom is -0.379 e. The van der Waals surface area contributed by atoms with Crippen LogP contribution in [0, 0.1) is 0 Å². The zero-order valence-electron chi connectivity index (χ0n) is 10.5. The monoisotopic (exact) mass is 261 g/mol. The molecule has 1 heterocycles. The third-order valence-electron chi connectivity index (χ3n) is 2.65. The fourth-order valence-electron chi connectivity index (χ4n) is 1.74. The van der Waals surface area contributed by atoms with Crippen molar-refractivity contribution < 1.29 is 0 Å². The van der Waals surface area contributed by atoms with Gasteiger partial charge in [-0.15, -0.1) is 0 Å². The Kier molecular flexibility index (Phi) is 4.05. The first-order valence-electron chi connectivity index (χ1n) is 5.76. The first kappa shape index (κ1) is 12.7. The summed E-state index contributed by atoms with van der Waals surface area (Å²) in [6, 6.07) is 9.81. The molecule has 0 radical (unpaired) electrons. The van der Waals surface area contributed by atoms with Crippen LogP contribution < -0.4 is 10.2 Å². The molecule has 0 saturated carbocycles. The zero-order chi connectivity index (χ0) is 13.0. The molecule has 0 spiro atoms. The molecule has 2 aromatic rings. The van der Waals surface area contributed by atoms with Crippen molar-refractivity contribution in [1.29, 1.82) is 0 Å². The van der Waals surface area contributed by atoms with Gasteiger partial charge < -0.3 is 10.2 Å². The molecule has 1 aromatic heterocycles. The number of anilines is 2. The van der Waals surface area contributed by atoms with E-state index in [1.54, 1.807) is 6.20 Å². The first-order chi connectivity index (χ1) is 8.66. The van der Waals surface area contributed by atoms with Crippen molar-refractivity contribution in [2.75, 3.05) is 24.3 Å². The second kappa shape index (κ2) is 5.74. The molecular formula is C14H16ClN3. The van der Waals surface area contributed by atoms with Crippen LogP contribution >= 0.6 is 11.6 Å². The van der Waals surface area contributed by atoms with E-state index in [2.05, 4.69) is 15.2 Å². The van der Waals surface area contributed by atoms with Crippen LogP contribution in [0.4, 0.5) is 11.4 Å². The van der Waals surface area contributed by atoms with E-state index in [0.717, 1.165) is 28.5 Å². The summed E-state index contributed by atoms with van der Waals surface area (Å²) in [7, 11) is 4.02. The van der Waals surface area contributed by atoms with E-state index in [4.69, 9.17) is 11.6 Å². The van der Waals surface area contributed by atoms with Crippen molar-refractivity contribution in [2.45, 2.75) is 6.54 Å². The molecular weight excluding hydrogens is 246 g/mol. The van der Waals surface area contributed by atoms with Crippen molar-refractivity contribution in [3.05, 3.63) is 53.3 Å². The molecule has 0 fully saturated rings. The maximum absolute atomic E-state index is 6.03. The van der Waals surface area contributed by atoms with Gasteiger partial charge in [-0.1, -0.05) is 17.7 Å². The van der Waals surface area contributed by atoms with Gasteiger partial charge in [0.15, 0.2) is 0 Å². The van der Waals surface area contributed by atoms with Crippen LogP contribution in [0.2, 0.25) is 5.02 Å². The normalized spacial score (nSPS) is 10.2. The van der Waals surface area contributed by atoms with Crippen molar-refractivity contribution in [1.82, 2.24) is 4.98 Å². The molecule has 94 valence electrons.